The first-order valence-corrected chi connectivity index (χ1v) is 6.84. The van der Waals surface area contributed by atoms with Crippen LogP contribution in [0.25, 0.3) is 0 Å². The summed E-state index contributed by atoms with van der Waals surface area (Å²) < 4.78 is 5.07. The van der Waals surface area contributed by atoms with Crippen LogP contribution in [0.5, 0.6) is 0 Å². The predicted molar refractivity (Wildman–Crippen MR) is 74.7 cm³/mol. The van der Waals surface area contributed by atoms with E-state index < -0.39 is 0 Å². The van der Waals surface area contributed by atoms with Crippen molar-refractivity contribution in [2.24, 2.45) is 17.8 Å². The smallest absolute Gasteiger partial charge is 0.308 e. The molecule has 2 nitrogen and oxygen atoms in total. The highest BCUT2D eigenvalue weighted by Gasteiger charge is 2.11. The van der Waals surface area contributed by atoms with Crippen molar-refractivity contribution >= 4 is 5.97 Å². The first-order valence-electron chi connectivity index (χ1n) is 6.84. The molecule has 0 aromatic rings. The summed E-state index contributed by atoms with van der Waals surface area (Å²) in [5.74, 6) is 1.24. The molecule has 0 aliphatic heterocycles. The third-order valence-electron chi connectivity index (χ3n) is 2.65. The zero-order valence-electron chi connectivity index (χ0n) is 12.6. The van der Waals surface area contributed by atoms with E-state index in [4.69, 9.17) is 4.74 Å². The molecule has 0 aliphatic carbocycles. The Kier molecular flexibility index (Phi) is 13.2. The molecule has 0 aromatic carbocycles. The maximum Gasteiger partial charge on any atom is 0.308 e. The van der Waals surface area contributed by atoms with Crippen LogP contribution >= 0.6 is 0 Å². The van der Waals surface area contributed by atoms with E-state index in [9.17, 15) is 4.79 Å². The van der Waals surface area contributed by atoms with E-state index in [1.807, 2.05) is 13.8 Å². The molecule has 2 unspecified atom stereocenters. The van der Waals surface area contributed by atoms with Gasteiger partial charge in [-0.3, -0.25) is 4.79 Å². The van der Waals surface area contributed by atoms with E-state index in [1.54, 1.807) is 0 Å². The zero-order chi connectivity index (χ0) is 13.8. The highest BCUT2D eigenvalue weighted by molar-refractivity contribution is 5.71. The third-order valence-corrected chi connectivity index (χ3v) is 2.65. The molecular formula is C15H31O2. The molecule has 0 spiro atoms. The number of carbonyl (C=O) groups is 1. The monoisotopic (exact) mass is 243 g/mol. The summed E-state index contributed by atoms with van der Waals surface area (Å²) in [4.78, 5) is 11.1. The van der Waals surface area contributed by atoms with Gasteiger partial charge in [-0.25, -0.2) is 0 Å². The van der Waals surface area contributed by atoms with E-state index in [1.165, 1.54) is 6.42 Å². The molecule has 2 heteroatoms. The van der Waals surface area contributed by atoms with Crippen LogP contribution in [-0.2, 0) is 9.53 Å². The highest BCUT2D eigenvalue weighted by Crippen LogP contribution is 2.05. The molecule has 0 saturated heterocycles. The van der Waals surface area contributed by atoms with Gasteiger partial charge in [0.1, 0.15) is 0 Å². The van der Waals surface area contributed by atoms with E-state index in [-0.39, 0.29) is 11.9 Å². The molecule has 2 atom stereocenters. The Hall–Kier alpha value is -0.530. The molecule has 0 N–H and O–H groups in total. The predicted octanol–water partition coefficient (Wildman–Crippen LogP) is 4.49. The lowest BCUT2D eigenvalue weighted by Crippen LogP contribution is -2.15. The van der Waals surface area contributed by atoms with Gasteiger partial charge < -0.3 is 4.74 Å². The third kappa shape index (κ3) is 15.5. The molecule has 0 amide bonds. The van der Waals surface area contributed by atoms with Gasteiger partial charge in [0.05, 0.1) is 12.5 Å². The normalized spacial score (nSPS) is 12.1. The van der Waals surface area contributed by atoms with Crippen molar-refractivity contribution in [3.8, 4) is 0 Å². The van der Waals surface area contributed by atoms with E-state index in [2.05, 4.69) is 34.6 Å². The fraction of sp³-hybridized carbons (Fsp3) is 0.867. The summed E-state index contributed by atoms with van der Waals surface area (Å²) in [6.07, 6.45) is 3.02. The summed E-state index contributed by atoms with van der Waals surface area (Å²) in [7, 11) is 0. The van der Waals surface area contributed by atoms with Crippen molar-refractivity contribution in [3.05, 3.63) is 6.92 Å². The summed E-state index contributed by atoms with van der Waals surface area (Å²) in [5, 5.41) is 0. The van der Waals surface area contributed by atoms with Gasteiger partial charge in [-0.2, -0.15) is 0 Å². The van der Waals surface area contributed by atoms with Gasteiger partial charge in [0.15, 0.2) is 0 Å². The molecule has 0 fully saturated rings. The van der Waals surface area contributed by atoms with Gasteiger partial charge in [-0.1, -0.05) is 54.9 Å². The second-order valence-corrected chi connectivity index (χ2v) is 5.17. The largest absolute Gasteiger partial charge is 0.465 e. The van der Waals surface area contributed by atoms with Crippen LogP contribution < -0.4 is 0 Å². The van der Waals surface area contributed by atoms with Gasteiger partial charge in [-0.15, -0.1) is 0 Å². The minimum atomic E-state index is -0.0573. The fourth-order valence-corrected chi connectivity index (χ4v) is 0.704. The van der Waals surface area contributed by atoms with E-state index in [0.717, 1.165) is 12.8 Å². The Morgan fingerprint density at radius 2 is 1.59 bits per heavy atom. The van der Waals surface area contributed by atoms with Crippen molar-refractivity contribution in [2.75, 3.05) is 6.61 Å². The van der Waals surface area contributed by atoms with Crippen LogP contribution in [0.1, 0.15) is 60.8 Å². The summed E-state index contributed by atoms with van der Waals surface area (Å²) in [6.45, 7) is 16.7. The zero-order valence-corrected chi connectivity index (χ0v) is 12.6. The second kappa shape index (κ2) is 11.9. The number of carbonyl (C=O) groups excluding carboxylic acids is 1. The van der Waals surface area contributed by atoms with Gasteiger partial charge >= 0.3 is 5.97 Å². The molecule has 0 bridgehead atoms. The molecule has 0 aliphatic rings. The molecule has 0 rings (SSSR count). The van der Waals surface area contributed by atoms with Crippen LogP contribution in [0.3, 0.4) is 0 Å². The molecule has 103 valence electrons. The SMILES string of the molecule is CCC(C)C(=O)OCCC(C)C.[CH2]C(C)CC. The van der Waals surface area contributed by atoms with Crippen LogP contribution in [0, 0.1) is 24.7 Å². The number of ether oxygens (including phenoxy) is 1. The summed E-state index contributed by atoms with van der Waals surface area (Å²) >= 11 is 0. The first-order chi connectivity index (χ1) is 7.84. The fourth-order valence-electron chi connectivity index (χ4n) is 0.704. The first kappa shape index (κ1) is 18.8. The number of hydrogen-bond acceptors (Lipinski definition) is 2. The topological polar surface area (TPSA) is 26.3 Å². The Bertz CT molecular complexity index is 174. The van der Waals surface area contributed by atoms with Crippen LogP contribution in [-0.4, -0.2) is 12.6 Å². The van der Waals surface area contributed by atoms with E-state index in [0.29, 0.717) is 18.4 Å². The Labute approximate surface area is 108 Å². The number of rotatable bonds is 6. The molecule has 1 radical (unpaired) electrons. The van der Waals surface area contributed by atoms with Crippen LogP contribution in [0.2, 0.25) is 0 Å². The van der Waals surface area contributed by atoms with Crippen molar-refractivity contribution in [1.82, 2.24) is 0 Å². The van der Waals surface area contributed by atoms with Gasteiger partial charge in [0, 0.05) is 0 Å². The molecule has 17 heavy (non-hydrogen) atoms. The maximum atomic E-state index is 11.1. The van der Waals surface area contributed by atoms with Gasteiger partial charge in [0.25, 0.3) is 0 Å². The van der Waals surface area contributed by atoms with Gasteiger partial charge in [-0.05, 0) is 24.7 Å². The second-order valence-electron chi connectivity index (χ2n) is 5.17. The lowest BCUT2D eigenvalue weighted by Gasteiger charge is -2.09. The van der Waals surface area contributed by atoms with Crippen LogP contribution in [0.4, 0.5) is 0 Å². The summed E-state index contributed by atoms with van der Waals surface area (Å²) in [5.41, 5.74) is 0. The summed E-state index contributed by atoms with van der Waals surface area (Å²) in [6, 6.07) is 0. The minimum Gasteiger partial charge on any atom is -0.465 e. The van der Waals surface area contributed by atoms with Crippen molar-refractivity contribution in [1.29, 1.82) is 0 Å². The van der Waals surface area contributed by atoms with Crippen molar-refractivity contribution in [3.63, 3.8) is 0 Å². The molecular weight excluding hydrogens is 212 g/mol. The Balaban J connectivity index is 0. The lowest BCUT2D eigenvalue weighted by molar-refractivity contribution is -0.148. The minimum absolute atomic E-state index is 0.0529. The molecule has 0 aromatic heterocycles. The Morgan fingerprint density at radius 1 is 1.12 bits per heavy atom. The van der Waals surface area contributed by atoms with E-state index >= 15 is 0 Å². The lowest BCUT2D eigenvalue weighted by atomic mass is 10.1. The molecule has 0 heterocycles. The van der Waals surface area contributed by atoms with Gasteiger partial charge in [0.2, 0.25) is 0 Å². The van der Waals surface area contributed by atoms with Crippen LogP contribution in [0.15, 0.2) is 0 Å². The standard InChI is InChI=1S/C10H20O2.C5H11/c1-5-9(4)10(11)12-7-6-8(2)3;1-4-5(2)3/h8-9H,5-7H2,1-4H3;5H,2,4H2,1,3H3. The van der Waals surface area contributed by atoms with Crippen molar-refractivity contribution < 1.29 is 9.53 Å². The quantitative estimate of drug-likeness (QED) is 0.643. The number of hydrogen-bond donors (Lipinski definition) is 0. The number of esters is 1. The maximum absolute atomic E-state index is 11.1. The average molecular weight is 243 g/mol. The Morgan fingerprint density at radius 3 is 1.88 bits per heavy atom. The highest BCUT2D eigenvalue weighted by atomic mass is 16.5. The average Bonchev–Trinajstić information content (AvgIpc) is 2.28. The molecule has 0 saturated carbocycles. The van der Waals surface area contributed by atoms with Crippen molar-refractivity contribution in [2.45, 2.75) is 60.8 Å².